The lowest BCUT2D eigenvalue weighted by Gasteiger charge is -2.17. The monoisotopic (exact) mass is 517 g/mol. The molecule has 9 nitrogen and oxygen atoms in total. The van der Waals surface area contributed by atoms with Gasteiger partial charge in [0.25, 0.3) is 21.8 Å². The van der Waals surface area contributed by atoms with Crippen molar-refractivity contribution in [1.29, 1.82) is 0 Å². The lowest BCUT2D eigenvalue weighted by Crippen LogP contribution is -2.19. The van der Waals surface area contributed by atoms with Gasteiger partial charge in [0.15, 0.2) is 9.84 Å². The number of hydrogen-bond donors (Lipinski definition) is 2. The second kappa shape index (κ2) is 8.50. The molecule has 2 heterocycles. The molecule has 2 N–H and O–H groups in total. The molecule has 1 aromatic carbocycles. The van der Waals surface area contributed by atoms with E-state index in [0.29, 0.717) is 28.1 Å². The van der Waals surface area contributed by atoms with Crippen molar-refractivity contribution in [2.45, 2.75) is 37.5 Å². The summed E-state index contributed by atoms with van der Waals surface area (Å²) in [7, 11) is -7.76. The Morgan fingerprint density at radius 3 is 2.34 bits per heavy atom. The molecule has 0 unspecified atom stereocenters. The van der Waals surface area contributed by atoms with Gasteiger partial charge in [0, 0.05) is 11.9 Å². The highest BCUT2D eigenvalue weighted by Gasteiger charge is 2.28. The van der Waals surface area contributed by atoms with Crippen molar-refractivity contribution in [2.24, 2.45) is 0 Å². The molecule has 0 bridgehead atoms. The largest absolute Gasteiger partial charge is 0.336 e. The van der Waals surface area contributed by atoms with Crippen LogP contribution in [-0.4, -0.2) is 34.2 Å². The predicted octanol–water partition coefficient (Wildman–Crippen LogP) is 4.08. The molecule has 0 radical (unpaired) electrons. The highest BCUT2D eigenvalue weighted by molar-refractivity contribution is 7.93. The van der Waals surface area contributed by atoms with Gasteiger partial charge in [0.1, 0.15) is 20.5 Å². The molecule has 0 saturated carbocycles. The molecule has 1 amide bonds. The number of aromatic nitrogens is 1. The molecule has 0 aliphatic heterocycles. The van der Waals surface area contributed by atoms with Crippen molar-refractivity contribution in [3.63, 3.8) is 0 Å². The van der Waals surface area contributed by atoms with Crippen LogP contribution >= 0.6 is 22.9 Å². The standard InChI is InChI=1S/C19H20ClN3O6S3/c1-9-8-10(2)17(31(5,25)26)11(3)15(9)21-18(24)16-13(6-7-30-16)32(27,28)23-19-14(20)12(4)22-29-19/h6-8,23H,1-5H3,(H,21,24). The molecule has 0 aliphatic carbocycles. The number of sulfone groups is 1. The Bertz CT molecular complexity index is 1440. The summed E-state index contributed by atoms with van der Waals surface area (Å²) in [5.41, 5.74) is 2.19. The first-order chi connectivity index (χ1) is 14.7. The number of nitrogens with one attached hydrogen (secondary N) is 2. The summed E-state index contributed by atoms with van der Waals surface area (Å²) in [5.74, 6) is -0.959. The van der Waals surface area contributed by atoms with Crippen LogP contribution in [0.4, 0.5) is 11.6 Å². The first-order valence-electron chi connectivity index (χ1n) is 9.08. The van der Waals surface area contributed by atoms with Crippen molar-refractivity contribution in [3.8, 4) is 0 Å². The average Bonchev–Trinajstić information content (AvgIpc) is 3.27. The number of hydrogen-bond acceptors (Lipinski definition) is 8. The quantitative estimate of drug-likeness (QED) is 0.502. The zero-order valence-electron chi connectivity index (χ0n) is 17.7. The van der Waals surface area contributed by atoms with Gasteiger partial charge in [-0.25, -0.2) is 21.6 Å². The smallest absolute Gasteiger partial charge is 0.267 e. The molecule has 3 rings (SSSR count). The molecular formula is C19H20ClN3O6S3. The Hall–Kier alpha value is -2.41. The minimum Gasteiger partial charge on any atom is -0.336 e. The summed E-state index contributed by atoms with van der Waals surface area (Å²) in [4.78, 5) is 12.8. The Kier molecular flexibility index (Phi) is 6.44. The van der Waals surface area contributed by atoms with Crippen molar-refractivity contribution in [3.05, 3.63) is 49.8 Å². The molecule has 0 atom stereocenters. The fraction of sp³-hybridized carbons (Fsp3) is 0.263. The summed E-state index contributed by atoms with van der Waals surface area (Å²) in [5, 5.41) is 7.72. The van der Waals surface area contributed by atoms with Crippen LogP contribution in [0.15, 0.2) is 31.8 Å². The number of carbonyl (C=O) groups is 1. The molecule has 0 saturated heterocycles. The predicted molar refractivity (Wildman–Crippen MR) is 123 cm³/mol. The van der Waals surface area contributed by atoms with E-state index >= 15 is 0 Å². The molecule has 2 aromatic heterocycles. The maximum atomic E-state index is 13.0. The van der Waals surface area contributed by atoms with Gasteiger partial charge < -0.3 is 9.84 Å². The fourth-order valence-electron chi connectivity index (χ4n) is 3.37. The molecule has 0 aliphatic rings. The number of halogens is 1. The van der Waals surface area contributed by atoms with Gasteiger partial charge in [-0.1, -0.05) is 22.8 Å². The van der Waals surface area contributed by atoms with Crippen LogP contribution in [0.3, 0.4) is 0 Å². The summed E-state index contributed by atoms with van der Waals surface area (Å²) in [6.07, 6.45) is 1.09. The topological polar surface area (TPSA) is 135 Å². The van der Waals surface area contributed by atoms with Gasteiger partial charge in [0.2, 0.25) is 0 Å². The minimum absolute atomic E-state index is 0.00835. The number of thiophene rings is 1. The molecule has 13 heteroatoms. The third-order valence-corrected chi connectivity index (χ3v) is 8.88. The Balaban J connectivity index is 1.99. The molecule has 3 aromatic rings. The summed E-state index contributed by atoms with van der Waals surface area (Å²) >= 11 is 6.90. The van der Waals surface area contributed by atoms with E-state index in [9.17, 15) is 21.6 Å². The van der Waals surface area contributed by atoms with E-state index in [1.807, 2.05) is 0 Å². The molecule has 32 heavy (non-hydrogen) atoms. The van der Waals surface area contributed by atoms with Crippen LogP contribution in [-0.2, 0) is 19.9 Å². The van der Waals surface area contributed by atoms with Crippen LogP contribution in [0.25, 0.3) is 0 Å². The number of benzene rings is 1. The zero-order chi connectivity index (χ0) is 24.0. The molecule has 0 spiro atoms. The van der Waals surface area contributed by atoms with Crippen molar-refractivity contribution >= 4 is 60.3 Å². The van der Waals surface area contributed by atoms with E-state index in [4.69, 9.17) is 16.1 Å². The summed E-state index contributed by atoms with van der Waals surface area (Å²) in [6, 6.07) is 2.93. The number of rotatable bonds is 6. The molecule has 0 fully saturated rings. The maximum Gasteiger partial charge on any atom is 0.267 e. The Labute approximate surface area is 194 Å². The van der Waals surface area contributed by atoms with Gasteiger partial charge in [0.05, 0.1) is 4.90 Å². The van der Waals surface area contributed by atoms with Crippen LogP contribution in [0.5, 0.6) is 0 Å². The number of amides is 1. The van der Waals surface area contributed by atoms with E-state index in [1.54, 1.807) is 33.8 Å². The molecule has 172 valence electrons. The minimum atomic E-state index is -4.22. The fourth-order valence-corrected chi connectivity index (χ4v) is 7.17. The number of anilines is 2. The Morgan fingerprint density at radius 2 is 1.78 bits per heavy atom. The summed E-state index contributed by atoms with van der Waals surface area (Å²) in [6.45, 7) is 6.54. The van der Waals surface area contributed by atoms with Crippen LogP contribution < -0.4 is 10.0 Å². The average molecular weight is 518 g/mol. The van der Waals surface area contributed by atoms with E-state index in [0.717, 1.165) is 17.6 Å². The van der Waals surface area contributed by atoms with Gasteiger partial charge in [-0.2, -0.15) is 0 Å². The first-order valence-corrected chi connectivity index (χ1v) is 13.7. The van der Waals surface area contributed by atoms with Crippen LogP contribution in [0.1, 0.15) is 32.1 Å². The second-order valence-electron chi connectivity index (χ2n) is 7.20. The maximum absolute atomic E-state index is 13.0. The van der Waals surface area contributed by atoms with E-state index in [2.05, 4.69) is 15.2 Å². The van der Waals surface area contributed by atoms with Gasteiger partial charge in [-0.15, -0.1) is 11.3 Å². The SMILES string of the molecule is Cc1cc(C)c(S(C)(=O)=O)c(C)c1NC(=O)c1sccc1S(=O)(=O)Nc1onc(C)c1Cl. The van der Waals surface area contributed by atoms with Crippen molar-refractivity contribution < 1.29 is 26.2 Å². The lowest BCUT2D eigenvalue weighted by atomic mass is 10.0. The van der Waals surface area contributed by atoms with Crippen LogP contribution in [0, 0.1) is 27.7 Å². The third-order valence-electron chi connectivity index (χ3n) is 4.65. The second-order valence-corrected chi connectivity index (χ2v) is 12.1. The zero-order valence-corrected chi connectivity index (χ0v) is 20.9. The number of nitrogens with zero attached hydrogens (tertiary/aromatic N) is 1. The third kappa shape index (κ3) is 4.53. The van der Waals surface area contributed by atoms with Crippen molar-refractivity contribution in [1.82, 2.24) is 5.16 Å². The Morgan fingerprint density at radius 1 is 1.12 bits per heavy atom. The van der Waals surface area contributed by atoms with Gasteiger partial charge in [-0.05, 0) is 55.8 Å². The highest BCUT2D eigenvalue weighted by atomic mass is 35.5. The normalized spacial score (nSPS) is 12.1. The van der Waals surface area contributed by atoms with E-state index in [-0.39, 0.29) is 25.6 Å². The highest BCUT2D eigenvalue weighted by Crippen LogP contribution is 2.33. The lowest BCUT2D eigenvalue weighted by molar-refractivity contribution is 0.102. The number of aryl methyl sites for hydroxylation is 3. The van der Waals surface area contributed by atoms with Gasteiger partial charge in [-0.3, -0.25) is 4.79 Å². The van der Waals surface area contributed by atoms with Crippen LogP contribution in [0.2, 0.25) is 5.02 Å². The number of carbonyl (C=O) groups excluding carboxylic acids is 1. The van der Waals surface area contributed by atoms with Gasteiger partial charge >= 0.3 is 0 Å². The van der Waals surface area contributed by atoms with E-state index < -0.39 is 25.8 Å². The number of sulfonamides is 1. The summed E-state index contributed by atoms with van der Waals surface area (Å²) < 4.78 is 57.2. The first kappa shape index (κ1) is 24.2. The molecular weight excluding hydrogens is 498 g/mol. The van der Waals surface area contributed by atoms with Crippen molar-refractivity contribution in [2.75, 3.05) is 16.3 Å². The van der Waals surface area contributed by atoms with E-state index in [1.165, 1.54) is 11.4 Å².